The molecule has 0 aromatic carbocycles. The minimum Gasteiger partial charge on any atom is -0.374 e. The molecule has 0 spiro atoms. The van der Waals surface area contributed by atoms with Crippen molar-refractivity contribution in [2.45, 2.75) is 64.6 Å². The van der Waals surface area contributed by atoms with Crippen molar-refractivity contribution in [1.82, 2.24) is 4.90 Å². The van der Waals surface area contributed by atoms with Crippen LogP contribution in [0.5, 0.6) is 0 Å². The molecular formula is C15H30N2O. The van der Waals surface area contributed by atoms with Gasteiger partial charge in [-0.1, -0.05) is 13.8 Å². The van der Waals surface area contributed by atoms with Crippen molar-refractivity contribution in [2.24, 2.45) is 17.6 Å². The summed E-state index contributed by atoms with van der Waals surface area (Å²) in [5, 5.41) is 0. The molecule has 0 aromatic heterocycles. The van der Waals surface area contributed by atoms with Gasteiger partial charge in [-0.3, -0.25) is 4.90 Å². The summed E-state index contributed by atoms with van der Waals surface area (Å²) >= 11 is 0. The lowest BCUT2D eigenvalue weighted by molar-refractivity contribution is -0.0585. The zero-order chi connectivity index (χ0) is 13.1. The molecule has 0 amide bonds. The van der Waals surface area contributed by atoms with Gasteiger partial charge in [-0.25, -0.2) is 0 Å². The molecule has 1 aliphatic carbocycles. The molecule has 1 saturated heterocycles. The molecular weight excluding hydrogens is 224 g/mol. The fourth-order valence-electron chi connectivity index (χ4n) is 3.48. The zero-order valence-corrected chi connectivity index (χ0v) is 12.3. The number of nitrogens with two attached hydrogens (primary N) is 1. The normalized spacial score (nSPS) is 36.8. The van der Waals surface area contributed by atoms with E-state index in [1.807, 2.05) is 0 Å². The van der Waals surface area contributed by atoms with E-state index in [2.05, 4.69) is 25.7 Å². The highest BCUT2D eigenvalue weighted by Gasteiger charge is 2.31. The second-order valence-corrected chi connectivity index (χ2v) is 6.58. The van der Waals surface area contributed by atoms with Gasteiger partial charge in [0.2, 0.25) is 0 Å². The standard InChI is InChI=1S/C15H30N2O/c1-11(2)13-4-6-14(7-5-13)17-8-9-18-15(10-17)12(3)16/h11-15H,4-10,16H2,1-3H3. The first-order chi connectivity index (χ1) is 8.58. The van der Waals surface area contributed by atoms with Crippen molar-refractivity contribution in [3.63, 3.8) is 0 Å². The van der Waals surface area contributed by atoms with Gasteiger partial charge in [0.05, 0.1) is 12.7 Å². The Morgan fingerprint density at radius 2 is 1.78 bits per heavy atom. The average molecular weight is 254 g/mol. The summed E-state index contributed by atoms with van der Waals surface area (Å²) in [5.74, 6) is 1.80. The number of morpholine rings is 1. The molecule has 0 bridgehead atoms. The molecule has 2 fully saturated rings. The average Bonchev–Trinajstić information content (AvgIpc) is 2.39. The Labute approximate surface area is 112 Å². The van der Waals surface area contributed by atoms with Crippen LogP contribution < -0.4 is 5.73 Å². The van der Waals surface area contributed by atoms with E-state index in [-0.39, 0.29) is 12.1 Å². The van der Waals surface area contributed by atoms with E-state index in [0.29, 0.717) is 0 Å². The Morgan fingerprint density at radius 1 is 1.11 bits per heavy atom. The second kappa shape index (κ2) is 6.36. The Morgan fingerprint density at radius 3 is 2.33 bits per heavy atom. The zero-order valence-electron chi connectivity index (χ0n) is 12.3. The van der Waals surface area contributed by atoms with Crippen LogP contribution in [0, 0.1) is 11.8 Å². The number of hydrogen-bond donors (Lipinski definition) is 1. The van der Waals surface area contributed by atoms with Crippen LogP contribution in [0.25, 0.3) is 0 Å². The molecule has 2 aliphatic rings. The van der Waals surface area contributed by atoms with Crippen LogP contribution in [0.3, 0.4) is 0 Å². The van der Waals surface area contributed by atoms with E-state index < -0.39 is 0 Å². The van der Waals surface area contributed by atoms with Gasteiger partial charge in [0.15, 0.2) is 0 Å². The number of ether oxygens (including phenoxy) is 1. The molecule has 106 valence electrons. The lowest BCUT2D eigenvalue weighted by Gasteiger charge is -2.42. The van der Waals surface area contributed by atoms with Crippen LogP contribution in [-0.2, 0) is 4.74 Å². The van der Waals surface area contributed by atoms with E-state index >= 15 is 0 Å². The van der Waals surface area contributed by atoms with E-state index in [4.69, 9.17) is 10.5 Å². The van der Waals surface area contributed by atoms with Crippen molar-refractivity contribution in [1.29, 1.82) is 0 Å². The number of hydrogen-bond acceptors (Lipinski definition) is 3. The molecule has 0 radical (unpaired) electrons. The maximum absolute atomic E-state index is 5.97. The fourth-order valence-corrected chi connectivity index (χ4v) is 3.48. The highest BCUT2D eigenvalue weighted by molar-refractivity contribution is 4.85. The quantitative estimate of drug-likeness (QED) is 0.839. The molecule has 3 nitrogen and oxygen atoms in total. The van der Waals surface area contributed by atoms with Crippen LogP contribution in [0.4, 0.5) is 0 Å². The number of nitrogens with zero attached hydrogens (tertiary/aromatic N) is 1. The van der Waals surface area contributed by atoms with E-state index in [1.165, 1.54) is 25.7 Å². The van der Waals surface area contributed by atoms with Crippen LogP contribution in [0.2, 0.25) is 0 Å². The predicted molar refractivity (Wildman–Crippen MR) is 75.5 cm³/mol. The maximum atomic E-state index is 5.97. The van der Waals surface area contributed by atoms with Gasteiger partial charge in [0, 0.05) is 25.2 Å². The lowest BCUT2D eigenvalue weighted by Crippen LogP contribution is -2.53. The third kappa shape index (κ3) is 3.46. The summed E-state index contributed by atoms with van der Waals surface area (Å²) in [7, 11) is 0. The maximum Gasteiger partial charge on any atom is 0.0850 e. The Bertz CT molecular complexity index is 247. The van der Waals surface area contributed by atoms with Crippen molar-refractivity contribution in [3.8, 4) is 0 Å². The first-order valence-corrected chi connectivity index (χ1v) is 7.69. The Balaban J connectivity index is 1.82. The SMILES string of the molecule is CC(C)C1CCC(N2CCOC(C(C)N)C2)CC1. The highest BCUT2D eigenvalue weighted by atomic mass is 16.5. The Kier molecular flexibility index (Phi) is 5.05. The molecule has 1 heterocycles. The Hall–Kier alpha value is -0.120. The lowest BCUT2D eigenvalue weighted by atomic mass is 9.79. The third-order valence-electron chi connectivity index (χ3n) is 4.91. The van der Waals surface area contributed by atoms with Gasteiger partial charge in [0.1, 0.15) is 0 Å². The predicted octanol–water partition coefficient (Wildman–Crippen LogP) is 2.25. The molecule has 2 rings (SSSR count). The van der Waals surface area contributed by atoms with E-state index in [1.54, 1.807) is 0 Å². The summed E-state index contributed by atoms with van der Waals surface area (Å²) in [5.41, 5.74) is 5.97. The molecule has 3 heteroatoms. The van der Waals surface area contributed by atoms with Crippen molar-refractivity contribution < 1.29 is 4.74 Å². The monoisotopic (exact) mass is 254 g/mol. The van der Waals surface area contributed by atoms with Gasteiger partial charge in [-0.05, 0) is 44.4 Å². The van der Waals surface area contributed by atoms with Crippen LogP contribution >= 0.6 is 0 Å². The third-order valence-corrected chi connectivity index (χ3v) is 4.91. The second-order valence-electron chi connectivity index (χ2n) is 6.58. The fraction of sp³-hybridized carbons (Fsp3) is 1.00. The first kappa shape index (κ1) is 14.3. The van der Waals surface area contributed by atoms with Gasteiger partial charge in [-0.15, -0.1) is 0 Å². The van der Waals surface area contributed by atoms with E-state index in [0.717, 1.165) is 37.6 Å². The minimum atomic E-state index is 0.153. The number of rotatable bonds is 3. The summed E-state index contributed by atoms with van der Waals surface area (Å²) in [6.07, 6.45) is 5.79. The van der Waals surface area contributed by atoms with Crippen molar-refractivity contribution >= 4 is 0 Å². The molecule has 18 heavy (non-hydrogen) atoms. The molecule has 1 saturated carbocycles. The molecule has 1 aliphatic heterocycles. The van der Waals surface area contributed by atoms with Crippen molar-refractivity contribution in [3.05, 3.63) is 0 Å². The van der Waals surface area contributed by atoms with Gasteiger partial charge in [0.25, 0.3) is 0 Å². The minimum absolute atomic E-state index is 0.153. The van der Waals surface area contributed by atoms with Crippen molar-refractivity contribution in [2.75, 3.05) is 19.7 Å². The summed E-state index contributed by atoms with van der Waals surface area (Å²) in [6.45, 7) is 9.78. The summed E-state index contributed by atoms with van der Waals surface area (Å²) in [4.78, 5) is 2.63. The summed E-state index contributed by atoms with van der Waals surface area (Å²) < 4.78 is 5.75. The van der Waals surface area contributed by atoms with E-state index in [9.17, 15) is 0 Å². The largest absolute Gasteiger partial charge is 0.374 e. The molecule has 2 N–H and O–H groups in total. The van der Waals surface area contributed by atoms with Crippen LogP contribution in [0.15, 0.2) is 0 Å². The summed E-state index contributed by atoms with van der Waals surface area (Å²) in [6, 6.07) is 0.935. The molecule has 2 unspecified atom stereocenters. The highest BCUT2D eigenvalue weighted by Crippen LogP contribution is 2.32. The van der Waals surface area contributed by atoms with Gasteiger partial charge >= 0.3 is 0 Å². The van der Waals surface area contributed by atoms with Crippen LogP contribution in [0.1, 0.15) is 46.5 Å². The van der Waals surface area contributed by atoms with Crippen LogP contribution in [-0.4, -0.2) is 42.8 Å². The smallest absolute Gasteiger partial charge is 0.0850 e. The molecule has 0 aromatic rings. The first-order valence-electron chi connectivity index (χ1n) is 7.69. The van der Waals surface area contributed by atoms with Gasteiger partial charge < -0.3 is 10.5 Å². The van der Waals surface area contributed by atoms with Gasteiger partial charge in [-0.2, -0.15) is 0 Å². The molecule has 2 atom stereocenters. The topological polar surface area (TPSA) is 38.5 Å².